The predicted octanol–water partition coefficient (Wildman–Crippen LogP) is 4.43. The highest BCUT2D eigenvalue weighted by molar-refractivity contribution is 5.93. The molecule has 0 aliphatic heterocycles. The quantitative estimate of drug-likeness (QED) is 0.516. The molecular formula is C23H21FN4O2. The zero-order valence-electron chi connectivity index (χ0n) is 16.7. The lowest BCUT2D eigenvalue weighted by molar-refractivity contribution is 0.0778. The van der Waals surface area contributed by atoms with Crippen LogP contribution in [0.1, 0.15) is 23.0 Å². The third-order valence-electron chi connectivity index (χ3n) is 4.81. The summed E-state index contributed by atoms with van der Waals surface area (Å²) in [4.78, 5) is 19.0. The molecule has 7 heteroatoms. The van der Waals surface area contributed by atoms with E-state index < -0.39 is 0 Å². The van der Waals surface area contributed by atoms with Gasteiger partial charge in [-0.25, -0.2) is 9.37 Å². The lowest BCUT2D eigenvalue weighted by atomic mass is 10.1. The molecule has 2 heterocycles. The number of para-hydroxylation sites is 1. The summed E-state index contributed by atoms with van der Waals surface area (Å²) in [6.07, 6.45) is 1.75. The third-order valence-corrected chi connectivity index (χ3v) is 4.81. The summed E-state index contributed by atoms with van der Waals surface area (Å²) >= 11 is 0. The monoisotopic (exact) mass is 404 g/mol. The minimum atomic E-state index is -0.345. The zero-order valence-corrected chi connectivity index (χ0v) is 16.7. The third kappa shape index (κ3) is 3.87. The van der Waals surface area contributed by atoms with Crippen LogP contribution in [0.3, 0.4) is 0 Å². The fourth-order valence-corrected chi connectivity index (χ4v) is 3.37. The Bertz CT molecular complexity index is 1200. The summed E-state index contributed by atoms with van der Waals surface area (Å²) in [7, 11) is 1.72. The minimum absolute atomic E-state index is 0.238. The SMILES string of the molecule is CCOc1nc(C(=O)N(C)Cc2cccc3cn[nH]c23)ccc1-c1cccc(F)c1. The van der Waals surface area contributed by atoms with Gasteiger partial charge in [0.1, 0.15) is 11.5 Å². The van der Waals surface area contributed by atoms with Gasteiger partial charge in [-0.1, -0.05) is 30.3 Å². The molecule has 0 radical (unpaired) electrons. The van der Waals surface area contributed by atoms with E-state index in [0.29, 0.717) is 30.2 Å². The highest BCUT2D eigenvalue weighted by Gasteiger charge is 2.18. The van der Waals surface area contributed by atoms with Crippen molar-refractivity contribution in [3.05, 3.63) is 77.9 Å². The number of nitrogens with zero attached hydrogens (tertiary/aromatic N) is 3. The molecule has 0 fully saturated rings. The van der Waals surface area contributed by atoms with Crippen LogP contribution in [0.5, 0.6) is 5.88 Å². The van der Waals surface area contributed by atoms with Crippen LogP contribution in [0.25, 0.3) is 22.0 Å². The number of ether oxygens (including phenoxy) is 1. The highest BCUT2D eigenvalue weighted by Crippen LogP contribution is 2.29. The zero-order chi connectivity index (χ0) is 21.1. The Morgan fingerprint density at radius 2 is 2.00 bits per heavy atom. The van der Waals surface area contributed by atoms with Gasteiger partial charge >= 0.3 is 0 Å². The van der Waals surface area contributed by atoms with E-state index in [2.05, 4.69) is 15.2 Å². The van der Waals surface area contributed by atoms with E-state index in [-0.39, 0.29) is 17.4 Å². The van der Waals surface area contributed by atoms with Gasteiger partial charge in [0, 0.05) is 24.5 Å². The van der Waals surface area contributed by atoms with E-state index in [1.54, 1.807) is 42.4 Å². The van der Waals surface area contributed by atoms with Gasteiger partial charge in [0.2, 0.25) is 5.88 Å². The van der Waals surface area contributed by atoms with Gasteiger partial charge in [-0.15, -0.1) is 0 Å². The second-order valence-electron chi connectivity index (χ2n) is 6.91. The Morgan fingerprint density at radius 1 is 1.17 bits per heavy atom. The van der Waals surface area contributed by atoms with Crippen LogP contribution >= 0.6 is 0 Å². The number of aromatic amines is 1. The Kier molecular flexibility index (Phi) is 5.43. The highest BCUT2D eigenvalue weighted by atomic mass is 19.1. The fraction of sp³-hybridized carbons (Fsp3) is 0.174. The number of hydrogen-bond donors (Lipinski definition) is 1. The summed E-state index contributed by atoms with van der Waals surface area (Å²) < 4.78 is 19.3. The number of amides is 1. The maximum absolute atomic E-state index is 13.6. The Balaban J connectivity index is 1.62. The lowest BCUT2D eigenvalue weighted by Gasteiger charge is -2.18. The summed E-state index contributed by atoms with van der Waals surface area (Å²) in [6, 6.07) is 15.4. The predicted molar refractivity (Wildman–Crippen MR) is 113 cm³/mol. The number of hydrogen-bond acceptors (Lipinski definition) is 4. The van der Waals surface area contributed by atoms with E-state index in [4.69, 9.17) is 4.74 Å². The number of carbonyl (C=O) groups excluding carboxylic acids is 1. The molecule has 30 heavy (non-hydrogen) atoms. The number of nitrogens with one attached hydrogen (secondary N) is 1. The maximum Gasteiger partial charge on any atom is 0.272 e. The van der Waals surface area contributed by atoms with Gasteiger partial charge in [0.15, 0.2) is 0 Å². The van der Waals surface area contributed by atoms with Gasteiger partial charge in [0.25, 0.3) is 5.91 Å². The number of H-pyrrole nitrogens is 1. The van der Waals surface area contributed by atoms with Crippen molar-refractivity contribution in [1.29, 1.82) is 0 Å². The molecule has 4 rings (SSSR count). The average Bonchev–Trinajstić information content (AvgIpc) is 3.23. The van der Waals surface area contributed by atoms with Gasteiger partial charge in [-0.3, -0.25) is 9.89 Å². The fourth-order valence-electron chi connectivity index (χ4n) is 3.37. The lowest BCUT2D eigenvalue weighted by Crippen LogP contribution is -2.27. The molecule has 0 spiro atoms. The minimum Gasteiger partial charge on any atom is -0.478 e. The largest absolute Gasteiger partial charge is 0.478 e. The number of halogens is 1. The van der Waals surface area contributed by atoms with Crippen LogP contribution < -0.4 is 4.74 Å². The number of rotatable bonds is 6. The molecule has 4 aromatic rings. The van der Waals surface area contributed by atoms with Crippen molar-refractivity contribution in [2.75, 3.05) is 13.7 Å². The molecule has 0 aliphatic carbocycles. The second-order valence-corrected chi connectivity index (χ2v) is 6.91. The van der Waals surface area contributed by atoms with Crippen LogP contribution in [-0.2, 0) is 6.54 Å². The van der Waals surface area contributed by atoms with E-state index >= 15 is 0 Å². The average molecular weight is 404 g/mol. The molecule has 2 aromatic carbocycles. The molecule has 6 nitrogen and oxygen atoms in total. The first-order valence-electron chi connectivity index (χ1n) is 9.63. The molecule has 0 aliphatic rings. The first-order valence-corrected chi connectivity index (χ1v) is 9.63. The molecule has 1 amide bonds. The molecule has 2 aromatic heterocycles. The van der Waals surface area contributed by atoms with Crippen molar-refractivity contribution in [2.45, 2.75) is 13.5 Å². The molecule has 152 valence electrons. The van der Waals surface area contributed by atoms with E-state index in [9.17, 15) is 9.18 Å². The molecule has 0 atom stereocenters. The summed E-state index contributed by atoms with van der Waals surface area (Å²) in [5.41, 5.74) is 3.41. The number of aromatic nitrogens is 3. The van der Waals surface area contributed by atoms with Crippen molar-refractivity contribution < 1.29 is 13.9 Å². The van der Waals surface area contributed by atoms with E-state index in [1.807, 2.05) is 25.1 Å². The van der Waals surface area contributed by atoms with Crippen molar-refractivity contribution in [3.8, 4) is 17.0 Å². The topological polar surface area (TPSA) is 71.1 Å². The van der Waals surface area contributed by atoms with Crippen molar-refractivity contribution in [3.63, 3.8) is 0 Å². The Labute approximate surface area is 173 Å². The van der Waals surface area contributed by atoms with Crippen molar-refractivity contribution in [2.24, 2.45) is 0 Å². The first-order chi connectivity index (χ1) is 14.6. The number of benzene rings is 2. The standard InChI is InChI=1S/C23H21FN4O2/c1-3-30-22-19(15-6-5-9-18(24)12-15)10-11-20(26-22)23(29)28(2)14-17-8-4-7-16-13-25-27-21(16)17/h4-13H,3,14H2,1-2H3,(H,25,27). The summed E-state index contributed by atoms with van der Waals surface area (Å²) in [5.74, 6) is -0.279. The Morgan fingerprint density at radius 3 is 2.80 bits per heavy atom. The van der Waals surface area contributed by atoms with Gasteiger partial charge in [-0.05, 0) is 42.3 Å². The van der Waals surface area contributed by atoms with Gasteiger partial charge in [0.05, 0.1) is 18.3 Å². The van der Waals surface area contributed by atoms with Crippen LogP contribution in [0.2, 0.25) is 0 Å². The van der Waals surface area contributed by atoms with Gasteiger partial charge < -0.3 is 9.64 Å². The first kappa shape index (κ1) is 19.6. The van der Waals surface area contributed by atoms with Gasteiger partial charge in [-0.2, -0.15) is 5.10 Å². The normalized spacial score (nSPS) is 10.9. The summed E-state index contributed by atoms with van der Waals surface area (Å²) in [6.45, 7) is 2.61. The number of pyridine rings is 1. The van der Waals surface area contributed by atoms with Crippen LogP contribution in [0.4, 0.5) is 4.39 Å². The van der Waals surface area contributed by atoms with Crippen LogP contribution in [0.15, 0.2) is 60.8 Å². The molecule has 0 bridgehead atoms. The Hall–Kier alpha value is -3.74. The second kappa shape index (κ2) is 8.32. The number of carbonyl (C=O) groups is 1. The van der Waals surface area contributed by atoms with Crippen molar-refractivity contribution in [1.82, 2.24) is 20.1 Å². The molecule has 0 unspecified atom stereocenters. The molecule has 1 N–H and O–H groups in total. The number of fused-ring (bicyclic) bond motifs is 1. The smallest absolute Gasteiger partial charge is 0.272 e. The van der Waals surface area contributed by atoms with Crippen LogP contribution in [0, 0.1) is 5.82 Å². The molecule has 0 saturated heterocycles. The van der Waals surface area contributed by atoms with Crippen molar-refractivity contribution >= 4 is 16.8 Å². The summed E-state index contributed by atoms with van der Waals surface area (Å²) in [5, 5.41) is 8.03. The van der Waals surface area contributed by atoms with Crippen LogP contribution in [-0.4, -0.2) is 39.6 Å². The maximum atomic E-state index is 13.6. The van der Waals surface area contributed by atoms with E-state index in [0.717, 1.165) is 16.5 Å². The van der Waals surface area contributed by atoms with E-state index in [1.165, 1.54) is 12.1 Å². The molecular weight excluding hydrogens is 383 g/mol. The molecule has 0 saturated carbocycles.